The average molecular weight is 427 g/mol. The highest BCUT2D eigenvalue weighted by atomic mass is 16.5. The van der Waals surface area contributed by atoms with Gasteiger partial charge in [0.2, 0.25) is 5.88 Å². The molecule has 0 bridgehead atoms. The van der Waals surface area contributed by atoms with Gasteiger partial charge in [0, 0.05) is 5.39 Å². The predicted octanol–water partition coefficient (Wildman–Crippen LogP) is 4.12. The lowest BCUT2D eigenvalue weighted by molar-refractivity contribution is 0.243. The Balaban J connectivity index is 1.71. The van der Waals surface area contributed by atoms with Gasteiger partial charge < -0.3 is 14.5 Å². The van der Waals surface area contributed by atoms with Gasteiger partial charge in [-0.1, -0.05) is 18.2 Å². The van der Waals surface area contributed by atoms with Crippen molar-refractivity contribution >= 4 is 21.9 Å². The molecule has 5 aromatic rings. The number of aromatic amines is 1. The van der Waals surface area contributed by atoms with Crippen molar-refractivity contribution in [1.29, 1.82) is 0 Å². The molecule has 8 heteroatoms. The molecule has 1 N–H and O–H groups in total. The summed E-state index contributed by atoms with van der Waals surface area (Å²) in [6, 6.07) is 17.1. The van der Waals surface area contributed by atoms with E-state index in [1.807, 2.05) is 68.4 Å². The van der Waals surface area contributed by atoms with E-state index in [1.165, 1.54) is 6.20 Å². The van der Waals surface area contributed by atoms with Gasteiger partial charge in [-0.05, 0) is 50.2 Å². The van der Waals surface area contributed by atoms with Gasteiger partial charge in [-0.3, -0.25) is 4.79 Å². The maximum atomic E-state index is 12.8. The number of nitrogens with zero attached hydrogens (tertiary/aromatic N) is 4. The van der Waals surface area contributed by atoms with E-state index >= 15 is 0 Å². The summed E-state index contributed by atoms with van der Waals surface area (Å²) in [6.45, 7) is 3.95. The van der Waals surface area contributed by atoms with Crippen LogP contribution in [-0.4, -0.2) is 37.9 Å². The minimum absolute atomic E-state index is 0.0526. The smallest absolute Gasteiger partial charge is 0.262 e. The second kappa shape index (κ2) is 7.81. The third kappa shape index (κ3) is 3.45. The van der Waals surface area contributed by atoms with Crippen LogP contribution in [0.1, 0.15) is 13.8 Å². The molecule has 0 saturated heterocycles. The highest BCUT2D eigenvalue weighted by Crippen LogP contribution is 2.31. The standard InChI is InChI=1S/C24H21N5O3/c1-14(2)32-17-9-10-20-15(11-17)12-18(24(26-20)31-3)21-27-22-19(23(30)28-21)13-25-29(22)16-7-5-4-6-8-16/h4-14H,1-3H3,(H,27,28,30). The number of rotatable bonds is 5. The Kier molecular flexibility index (Phi) is 4.82. The normalized spacial score (nSPS) is 11.4. The number of ether oxygens (including phenoxy) is 2. The van der Waals surface area contributed by atoms with Crippen molar-refractivity contribution in [3.8, 4) is 28.7 Å². The lowest BCUT2D eigenvalue weighted by atomic mass is 10.1. The molecule has 0 fully saturated rings. The molecule has 3 aromatic heterocycles. The number of methoxy groups -OCH3 is 1. The van der Waals surface area contributed by atoms with Crippen LogP contribution in [0.25, 0.3) is 39.0 Å². The first-order valence-corrected chi connectivity index (χ1v) is 10.2. The average Bonchev–Trinajstić information content (AvgIpc) is 3.23. The molecule has 5 rings (SSSR count). The molecule has 0 aliphatic heterocycles. The monoisotopic (exact) mass is 427 g/mol. The highest BCUT2D eigenvalue weighted by molar-refractivity contribution is 5.87. The summed E-state index contributed by atoms with van der Waals surface area (Å²) in [5, 5.41) is 5.61. The third-order valence-electron chi connectivity index (χ3n) is 5.01. The van der Waals surface area contributed by atoms with Crippen LogP contribution in [0.15, 0.2) is 65.6 Å². The number of para-hydroxylation sites is 1. The molecule has 0 aliphatic rings. The number of H-pyrrole nitrogens is 1. The predicted molar refractivity (Wildman–Crippen MR) is 123 cm³/mol. The highest BCUT2D eigenvalue weighted by Gasteiger charge is 2.17. The summed E-state index contributed by atoms with van der Waals surface area (Å²) in [5.74, 6) is 1.45. The summed E-state index contributed by atoms with van der Waals surface area (Å²) in [4.78, 5) is 25.0. The van der Waals surface area contributed by atoms with Gasteiger partial charge >= 0.3 is 0 Å². The molecule has 160 valence electrons. The van der Waals surface area contributed by atoms with E-state index in [4.69, 9.17) is 14.5 Å². The number of benzene rings is 2. The first kappa shape index (κ1) is 19.7. The zero-order valence-electron chi connectivity index (χ0n) is 17.9. The van der Waals surface area contributed by atoms with Gasteiger partial charge in [0.25, 0.3) is 5.56 Å². The maximum Gasteiger partial charge on any atom is 0.262 e. The van der Waals surface area contributed by atoms with E-state index in [2.05, 4.69) is 15.1 Å². The minimum Gasteiger partial charge on any atom is -0.491 e. The SMILES string of the molecule is COc1nc2ccc(OC(C)C)cc2cc1-c1nc2c(cnn2-c2ccccc2)c(=O)[nH]1. The van der Waals surface area contributed by atoms with Gasteiger partial charge in [0.15, 0.2) is 5.65 Å². The second-order valence-electron chi connectivity index (χ2n) is 7.61. The lowest BCUT2D eigenvalue weighted by Gasteiger charge is -2.12. The van der Waals surface area contributed by atoms with Crippen LogP contribution in [0.3, 0.4) is 0 Å². The second-order valence-corrected chi connectivity index (χ2v) is 7.61. The van der Waals surface area contributed by atoms with E-state index in [-0.39, 0.29) is 11.7 Å². The molecule has 0 unspecified atom stereocenters. The third-order valence-corrected chi connectivity index (χ3v) is 5.01. The fraction of sp³-hybridized carbons (Fsp3) is 0.167. The van der Waals surface area contributed by atoms with Crippen LogP contribution in [0, 0.1) is 0 Å². The zero-order chi connectivity index (χ0) is 22.2. The summed E-state index contributed by atoms with van der Waals surface area (Å²) in [6.07, 6.45) is 1.57. The Morgan fingerprint density at radius 3 is 2.59 bits per heavy atom. The Bertz CT molecular complexity index is 1490. The van der Waals surface area contributed by atoms with Crippen LogP contribution in [0.2, 0.25) is 0 Å². The van der Waals surface area contributed by atoms with Crippen LogP contribution < -0.4 is 15.0 Å². The zero-order valence-corrected chi connectivity index (χ0v) is 17.9. The molecular formula is C24H21N5O3. The largest absolute Gasteiger partial charge is 0.491 e. The van der Waals surface area contributed by atoms with Crippen molar-refractivity contribution < 1.29 is 9.47 Å². The van der Waals surface area contributed by atoms with Crippen molar-refractivity contribution in [1.82, 2.24) is 24.7 Å². The van der Waals surface area contributed by atoms with Gasteiger partial charge in [-0.2, -0.15) is 5.10 Å². The summed E-state index contributed by atoms with van der Waals surface area (Å²) in [7, 11) is 1.54. The van der Waals surface area contributed by atoms with E-state index in [1.54, 1.807) is 11.8 Å². The van der Waals surface area contributed by atoms with Gasteiger partial charge in [-0.25, -0.2) is 14.6 Å². The number of nitrogens with one attached hydrogen (secondary N) is 1. The Morgan fingerprint density at radius 2 is 1.84 bits per heavy atom. The van der Waals surface area contributed by atoms with Crippen molar-refractivity contribution in [2.24, 2.45) is 0 Å². The molecule has 8 nitrogen and oxygen atoms in total. The molecule has 2 aromatic carbocycles. The Hall–Kier alpha value is -4.20. The van der Waals surface area contributed by atoms with E-state index in [0.29, 0.717) is 28.3 Å². The topological polar surface area (TPSA) is 94.9 Å². The van der Waals surface area contributed by atoms with Gasteiger partial charge in [-0.15, -0.1) is 0 Å². The van der Waals surface area contributed by atoms with Crippen molar-refractivity contribution in [3.05, 3.63) is 71.1 Å². The number of aromatic nitrogens is 5. The number of hydrogen-bond acceptors (Lipinski definition) is 6. The number of pyridine rings is 1. The molecular weight excluding hydrogens is 406 g/mol. The maximum absolute atomic E-state index is 12.8. The van der Waals surface area contributed by atoms with E-state index in [9.17, 15) is 4.79 Å². The fourth-order valence-electron chi connectivity index (χ4n) is 3.61. The van der Waals surface area contributed by atoms with Crippen LogP contribution in [-0.2, 0) is 0 Å². The molecule has 0 radical (unpaired) electrons. The summed E-state index contributed by atoms with van der Waals surface area (Å²) in [5.41, 5.74) is 2.30. The van der Waals surface area contributed by atoms with Crippen molar-refractivity contribution in [3.63, 3.8) is 0 Å². The molecule has 0 amide bonds. The molecule has 0 atom stereocenters. The van der Waals surface area contributed by atoms with E-state index in [0.717, 1.165) is 22.3 Å². The van der Waals surface area contributed by atoms with E-state index < -0.39 is 0 Å². The molecule has 0 aliphatic carbocycles. The molecule has 0 spiro atoms. The number of fused-ring (bicyclic) bond motifs is 2. The Labute approximate surface area is 183 Å². The molecule has 32 heavy (non-hydrogen) atoms. The number of hydrogen-bond donors (Lipinski definition) is 1. The molecule has 0 saturated carbocycles. The van der Waals surface area contributed by atoms with Crippen LogP contribution in [0.5, 0.6) is 11.6 Å². The Morgan fingerprint density at radius 1 is 1.03 bits per heavy atom. The molecule has 3 heterocycles. The van der Waals surface area contributed by atoms with Gasteiger partial charge in [0.1, 0.15) is 17.0 Å². The fourth-order valence-corrected chi connectivity index (χ4v) is 3.61. The first-order valence-electron chi connectivity index (χ1n) is 10.2. The lowest BCUT2D eigenvalue weighted by Crippen LogP contribution is -2.11. The summed E-state index contributed by atoms with van der Waals surface area (Å²) < 4.78 is 13.0. The van der Waals surface area contributed by atoms with Crippen molar-refractivity contribution in [2.45, 2.75) is 20.0 Å². The quantitative estimate of drug-likeness (QED) is 0.453. The van der Waals surface area contributed by atoms with Gasteiger partial charge in [0.05, 0.1) is 36.2 Å². The van der Waals surface area contributed by atoms with Crippen LogP contribution >= 0.6 is 0 Å². The minimum atomic E-state index is -0.286. The van der Waals surface area contributed by atoms with Crippen molar-refractivity contribution in [2.75, 3.05) is 7.11 Å². The summed E-state index contributed by atoms with van der Waals surface area (Å²) >= 11 is 0. The van der Waals surface area contributed by atoms with Crippen LogP contribution in [0.4, 0.5) is 0 Å². The first-order chi connectivity index (χ1) is 15.5.